The van der Waals surface area contributed by atoms with Gasteiger partial charge in [0.25, 0.3) is 0 Å². The normalized spacial score (nSPS) is 11.2. The number of ether oxygens (including phenoxy) is 1. The number of hydrogen-bond donors (Lipinski definition) is 2. The molecule has 172 valence electrons. The fourth-order valence-corrected chi connectivity index (χ4v) is 2.94. The van der Waals surface area contributed by atoms with Crippen molar-refractivity contribution in [3.63, 3.8) is 0 Å². The van der Waals surface area contributed by atoms with Crippen molar-refractivity contribution >= 4 is 35.6 Å². The third-order valence-electron chi connectivity index (χ3n) is 4.53. The fraction of sp³-hybridized carbons (Fsp3) is 0.333. The molecule has 1 heterocycles. The molecule has 0 radical (unpaired) electrons. The van der Waals surface area contributed by atoms with Crippen molar-refractivity contribution in [2.75, 3.05) is 11.9 Å². The molecule has 3 aromatic rings. The van der Waals surface area contributed by atoms with E-state index >= 15 is 0 Å². The minimum absolute atomic E-state index is 0. The maximum Gasteiger partial charge on any atom is 0.216 e. The van der Waals surface area contributed by atoms with Crippen molar-refractivity contribution in [2.24, 2.45) is 4.99 Å². The van der Waals surface area contributed by atoms with Crippen LogP contribution in [0.3, 0.4) is 0 Å². The lowest BCUT2D eigenvalue weighted by atomic mass is 10.1. The number of anilines is 1. The summed E-state index contributed by atoms with van der Waals surface area (Å²) in [4.78, 5) is 8.97. The van der Waals surface area contributed by atoms with Crippen LogP contribution in [-0.4, -0.2) is 23.6 Å². The molecule has 6 nitrogen and oxygen atoms in total. The number of guanidine groups is 1. The number of hydrogen-bond acceptors (Lipinski definition) is 4. The molecule has 0 saturated heterocycles. The van der Waals surface area contributed by atoms with Crippen molar-refractivity contribution in [1.29, 1.82) is 0 Å². The lowest BCUT2D eigenvalue weighted by Gasteiger charge is -2.14. The number of nitrogens with zero attached hydrogens (tertiary/aromatic N) is 2. The molecule has 0 aliphatic carbocycles. The van der Waals surface area contributed by atoms with Crippen molar-refractivity contribution in [2.45, 2.75) is 46.8 Å². The number of aliphatic imine (C=N–C) groups is 1. The molecule has 0 aliphatic rings. The quantitative estimate of drug-likeness (QED) is 0.215. The van der Waals surface area contributed by atoms with Gasteiger partial charge in [0.05, 0.1) is 11.8 Å². The zero-order valence-electron chi connectivity index (χ0n) is 18.8. The topological polar surface area (TPSA) is 71.7 Å². The second-order valence-electron chi connectivity index (χ2n) is 7.54. The molecular weight excluding hydrogens is 522 g/mol. The number of benzene rings is 2. The lowest BCUT2D eigenvalue weighted by molar-refractivity contribution is 0.242. The fourth-order valence-electron chi connectivity index (χ4n) is 2.94. The molecule has 0 saturated carbocycles. The van der Waals surface area contributed by atoms with Gasteiger partial charge in [-0.25, -0.2) is 14.4 Å². The number of halogens is 2. The van der Waals surface area contributed by atoms with E-state index in [0.29, 0.717) is 31.4 Å². The van der Waals surface area contributed by atoms with Crippen LogP contribution >= 0.6 is 24.0 Å². The molecule has 32 heavy (non-hydrogen) atoms. The molecule has 1 aromatic heterocycles. The molecule has 0 spiro atoms. The number of nitrogens with one attached hydrogen (secondary N) is 2. The third-order valence-corrected chi connectivity index (χ3v) is 4.53. The van der Waals surface area contributed by atoms with Gasteiger partial charge in [-0.15, -0.1) is 24.0 Å². The van der Waals surface area contributed by atoms with E-state index < -0.39 is 0 Å². The van der Waals surface area contributed by atoms with Crippen LogP contribution in [0, 0.1) is 19.7 Å². The van der Waals surface area contributed by atoms with Gasteiger partial charge in [0.15, 0.2) is 5.96 Å². The first kappa shape index (κ1) is 25.6. The van der Waals surface area contributed by atoms with Gasteiger partial charge in [0.2, 0.25) is 5.89 Å². The Hall–Kier alpha value is -2.62. The molecule has 0 amide bonds. The highest BCUT2D eigenvalue weighted by atomic mass is 127. The number of aromatic nitrogens is 1. The highest BCUT2D eigenvalue weighted by Gasteiger charge is 2.07. The second-order valence-corrected chi connectivity index (χ2v) is 7.54. The molecule has 2 aromatic carbocycles. The summed E-state index contributed by atoms with van der Waals surface area (Å²) in [5.41, 5.74) is 2.65. The molecule has 2 N–H and O–H groups in total. The molecule has 0 aliphatic heterocycles. The van der Waals surface area contributed by atoms with Crippen molar-refractivity contribution in [1.82, 2.24) is 10.3 Å². The van der Waals surface area contributed by atoms with E-state index in [1.165, 1.54) is 12.1 Å². The summed E-state index contributed by atoms with van der Waals surface area (Å²) in [6, 6.07) is 14.3. The van der Waals surface area contributed by atoms with Crippen LogP contribution in [0.15, 0.2) is 57.9 Å². The van der Waals surface area contributed by atoms with Crippen LogP contribution in [0.4, 0.5) is 10.1 Å². The Labute approximate surface area is 205 Å². The zero-order valence-corrected chi connectivity index (χ0v) is 21.1. The van der Waals surface area contributed by atoms with Gasteiger partial charge in [0, 0.05) is 12.2 Å². The Morgan fingerprint density at radius 1 is 1.16 bits per heavy atom. The summed E-state index contributed by atoms with van der Waals surface area (Å²) >= 11 is 0. The van der Waals surface area contributed by atoms with Gasteiger partial charge in [-0.2, -0.15) is 0 Å². The van der Waals surface area contributed by atoms with E-state index in [2.05, 4.69) is 20.6 Å². The average Bonchev–Trinajstić information content (AvgIpc) is 3.04. The molecule has 3 rings (SSSR count). The zero-order chi connectivity index (χ0) is 22.2. The molecule has 8 heteroatoms. The van der Waals surface area contributed by atoms with Gasteiger partial charge in [-0.1, -0.05) is 12.1 Å². The molecule has 0 atom stereocenters. The maximum atomic E-state index is 13.4. The Kier molecular flexibility index (Phi) is 9.96. The minimum Gasteiger partial charge on any atom is -0.491 e. The van der Waals surface area contributed by atoms with Crippen LogP contribution in [-0.2, 0) is 13.0 Å². The first-order valence-electron chi connectivity index (χ1n) is 10.4. The number of aryl methyl sites for hydroxylation is 2. The Morgan fingerprint density at radius 3 is 2.53 bits per heavy atom. The smallest absolute Gasteiger partial charge is 0.216 e. The van der Waals surface area contributed by atoms with E-state index in [9.17, 15) is 4.39 Å². The van der Waals surface area contributed by atoms with E-state index in [1.807, 2.05) is 58.0 Å². The maximum absolute atomic E-state index is 13.4. The number of oxazole rings is 1. The van der Waals surface area contributed by atoms with Crippen molar-refractivity contribution < 1.29 is 13.5 Å². The predicted molar refractivity (Wildman–Crippen MR) is 136 cm³/mol. The highest BCUT2D eigenvalue weighted by Crippen LogP contribution is 2.17. The average molecular weight is 552 g/mol. The van der Waals surface area contributed by atoms with Crippen LogP contribution < -0.4 is 15.4 Å². The Balaban J connectivity index is 0.00000363. The standard InChI is InChI=1S/C24H29FN4O2.HI/c1-16(2)30-22-10-8-21(9-11-22)29-24(27-15-23-28-17(3)18(4)31-23)26-13-12-19-6-5-7-20(25)14-19;/h5-11,14,16H,12-13,15H2,1-4H3,(H2,26,27,29);1H. The van der Waals surface area contributed by atoms with E-state index in [0.717, 1.165) is 28.5 Å². The van der Waals surface area contributed by atoms with Gasteiger partial charge in [-0.3, -0.25) is 0 Å². The number of rotatable bonds is 8. The third kappa shape index (κ3) is 8.14. The van der Waals surface area contributed by atoms with Crippen LogP contribution in [0.2, 0.25) is 0 Å². The van der Waals surface area contributed by atoms with Gasteiger partial charge >= 0.3 is 0 Å². The monoisotopic (exact) mass is 552 g/mol. The van der Waals surface area contributed by atoms with Crippen molar-refractivity contribution in [3.8, 4) is 5.75 Å². The van der Waals surface area contributed by atoms with Crippen LogP contribution in [0.25, 0.3) is 0 Å². The summed E-state index contributed by atoms with van der Waals surface area (Å²) in [7, 11) is 0. The molecule has 0 bridgehead atoms. The lowest BCUT2D eigenvalue weighted by Crippen LogP contribution is -2.32. The van der Waals surface area contributed by atoms with Crippen LogP contribution in [0.1, 0.15) is 36.8 Å². The van der Waals surface area contributed by atoms with Gasteiger partial charge in [-0.05, 0) is 76.1 Å². The van der Waals surface area contributed by atoms with E-state index in [1.54, 1.807) is 6.07 Å². The second kappa shape index (κ2) is 12.4. The van der Waals surface area contributed by atoms with E-state index in [4.69, 9.17) is 9.15 Å². The van der Waals surface area contributed by atoms with Crippen LogP contribution in [0.5, 0.6) is 5.75 Å². The highest BCUT2D eigenvalue weighted by molar-refractivity contribution is 14.0. The summed E-state index contributed by atoms with van der Waals surface area (Å²) in [5, 5.41) is 6.58. The van der Waals surface area contributed by atoms with E-state index in [-0.39, 0.29) is 35.9 Å². The molecule has 0 fully saturated rings. The largest absolute Gasteiger partial charge is 0.491 e. The van der Waals surface area contributed by atoms with Gasteiger partial charge < -0.3 is 19.8 Å². The Morgan fingerprint density at radius 2 is 1.91 bits per heavy atom. The predicted octanol–water partition coefficient (Wildman–Crippen LogP) is 5.64. The first-order chi connectivity index (χ1) is 14.9. The summed E-state index contributed by atoms with van der Waals surface area (Å²) in [6.07, 6.45) is 0.782. The minimum atomic E-state index is -0.233. The molecule has 0 unspecified atom stereocenters. The summed E-state index contributed by atoms with van der Waals surface area (Å²) in [6.45, 7) is 8.67. The van der Waals surface area contributed by atoms with Gasteiger partial charge in [0.1, 0.15) is 23.9 Å². The summed E-state index contributed by atoms with van der Waals surface area (Å²) < 4.78 is 24.7. The molecular formula is C24H30FIN4O2. The SMILES string of the molecule is Cc1nc(CN=C(NCCc2cccc(F)c2)Nc2ccc(OC(C)C)cc2)oc1C.I. The first-order valence-corrected chi connectivity index (χ1v) is 10.4. The Bertz CT molecular complexity index is 1000. The van der Waals surface area contributed by atoms with Crippen molar-refractivity contribution in [3.05, 3.63) is 77.3 Å². The summed E-state index contributed by atoms with van der Waals surface area (Å²) in [5.74, 6) is 2.51.